The number of rotatable bonds is 3. The Morgan fingerprint density at radius 2 is 2.00 bits per heavy atom. The van der Waals surface area contributed by atoms with Gasteiger partial charge in [0.25, 0.3) is 0 Å². The Morgan fingerprint density at radius 1 is 1.39 bits per heavy atom. The van der Waals surface area contributed by atoms with Gasteiger partial charge in [0.15, 0.2) is 5.82 Å². The molecule has 1 aromatic carbocycles. The van der Waals surface area contributed by atoms with Gasteiger partial charge in [-0.2, -0.15) is 0 Å². The maximum atomic E-state index is 14.0. The van der Waals surface area contributed by atoms with Gasteiger partial charge in [0.2, 0.25) is 5.91 Å². The summed E-state index contributed by atoms with van der Waals surface area (Å²) in [5.41, 5.74) is 0.230. The summed E-state index contributed by atoms with van der Waals surface area (Å²) in [5, 5.41) is 0. The molecule has 0 unspecified atom stereocenters. The van der Waals surface area contributed by atoms with Crippen LogP contribution in [0.5, 0.6) is 0 Å². The third kappa shape index (κ3) is 3.80. The molecule has 1 aromatic rings. The third-order valence-corrected chi connectivity index (χ3v) is 3.13. The van der Waals surface area contributed by atoms with E-state index >= 15 is 0 Å². The van der Waals surface area contributed by atoms with Crippen molar-refractivity contribution in [1.29, 1.82) is 0 Å². The summed E-state index contributed by atoms with van der Waals surface area (Å²) >= 11 is 3.14. The molecular formula is C14H19BrFNO. The van der Waals surface area contributed by atoms with Crippen LogP contribution in [-0.4, -0.2) is 12.5 Å². The van der Waals surface area contributed by atoms with Gasteiger partial charge in [0, 0.05) is 13.0 Å². The SMILES string of the molecule is CCN(C(=O)CC(C)(C)C)c1cccc(Br)c1F. The summed E-state index contributed by atoms with van der Waals surface area (Å²) < 4.78 is 14.4. The van der Waals surface area contributed by atoms with Crippen molar-refractivity contribution >= 4 is 27.5 Å². The molecule has 2 nitrogen and oxygen atoms in total. The van der Waals surface area contributed by atoms with Gasteiger partial charge >= 0.3 is 0 Å². The molecule has 0 bridgehead atoms. The van der Waals surface area contributed by atoms with Crippen LogP contribution in [0.2, 0.25) is 0 Å². The number of hydrogen-bond donors (Lipinski definition) is 0. The highest BCUT2D eigenvalue weighted by molar-refractivity contribution is 9.10. The summed E-state index contributed by atoms with van der Waals surface area (Å²) in [5.74, 6) is -0.441. The van der Waals surface area contributed by atoms with Crippen LogP contribution in [0.25, 0.3) is 0 Å². The Labute approximate surface area is 116 Å². The number of halogens is 2. The first-order valence-electron chi connectivity index (χ1n) is 6.00. The molecule has 0 radical (unpaired) electrons. The zero-order chi connectivity index (χ0) is 13.9. The lowest BCUT2D eigenvalue weighted by atomic mass is 9.91. The van der Waals surface area contributed by atoms with Crippen molar-refractivity contribution in [3.05, 3.63) is 28.5 Å². The molecule has 0 atom stereocenters. The summed E-state index contributed by atoms with van der Waals surface area (Å²) in [4.78, 5) is 13.7. The minimum absolute atomic E-state index is 0.0537. The van der Waals surface area contributed by atoms with Crippen LogP contribution >= 0.6 is 15.9 Å². The van der Waals surface area contributed by atoms with Gasteiger partial charge in [-0.3, -0.25) is 4.79 Å². The lowest BCUT2D eigenvalue weighted by Gasteiger charge is -2.26. The van der Waals surface area contributed by atoms with E-state index in [-0.39, 0.29) is 17.1 Å². The average Bonchev–Trinajstić information content (AvgIpc) is 2.22. The molecule has 0 aromatic heterocycles. The van der Waals surface area contributed by atoms with Gasteiger partial charge in [-0.25, -0.2) is 4.39 Å². The second-order valence-corrected chi connectivity index (χ2v) is 6.30. The summed E-state index contributed by atoms with van der Waals surface area (Å²) in [7, 11) is 0. The van der Waals surface area contributed by atoms with Crippen LogP contribution in [0.4, 0.5) is 10.1 Å². The van der Waals surface area contributed by atoms with Crippen LogP contribution in [-0.2, 0) is 4.79 Å². The average molecular weight is 316 g/mol. The lowest BCUT2D eigenvalue weighted by Crippen LogP contribution is -2.34. The first kappa shape index (κ1) is 15.2. The van der Waals surface area contributed by atoms with E-state index in [1.165, 1.54) is 4.90 Å². The van der Waals surface area contributed by atoms with Gasteiger partial charge in [-0.05, 0) is 40.4 Å². The molecule has 1 rings (SSSR count). The van der Waals surface area contributed by atoms with Crippen LogP contribution in [0.15, 0.2) is 22.7 Å². The number of amides is 1. The normalized spacial score (nSPS) is 11.4. The van der Waals surface area contributed by atoms with E-state index in [4.69, 9.17) is 0 Å². The van der Waals surface area contributed by atoms with Crippen molar-refractivity contribution in [2.24, 2.45) is 5.41 Å². The molecule has 0 saturated heterocycles. The molecule has 0 fully saturated rings. The Morgan fingerprint density at radius 3 is 2.50 bits per heavy atom. The summed E-state index contributed by atoms with van der Waals surface area (Å²) in [6.45, 7) is 8.30. The molecule has 4 heteroatoms. The smallest absolute Gasteiger partial charge is 0.227 e. The number of anilines is 1. The Balaban J connectivity index is 3.03. The molecule has 18 heavy (non-hydrogen) atoms. The first-order valence-corrected chi connectivity index (χ1v) is 6.80. The minimum Gasteiger partial charge on any atom is -0.310 e. The number of carbonyl (C=O) groups excluding carboxylic acids is 1. The van der Waals surface area contributed by atoms with Gasteiger partial charge in [-0.15, -0.1) is 0 Å². The van der Waals surface area contributed by atoms with Crippen molar-refractivity contribution in [3.63, 3.8) is 0 Å². The fraction of sp³-hybridized carbons (Fsp3) is 0.500. The number of benzene rings is 1. The minimum atomic E-state index is -0.387. The second-order valence-electron chi connectivity index (χ2n) is 5.45. The van der Waals surface area contributed by atoms with Crippen molar-refractivity contribution in [3.8, 4) is 0 Å². The summed E-state index contributed by atoms with van der Waals surface area (Å²) in [6, 6.07) is 4.99. The largest absolute Gasteiger partial charge is 0.310 e. The maximum absolute atomic E-state index is 14.0. The number of hydrogen-bond acceptors (Lipinski definition) is 1. The molecule has 0 aliphatic heterocycles. The molecule has 1 amide bonds. The third-order valence-electron chi connectivity index (χ3n) is 2.52. The molecule has 100 valence electrons. The fourth-order valence-electron chi connectivity index (χ4n) is 1.73. The highest BCUT2D eigenvalue weighted by Gasteiger charge is 2.23. The van der Waals surface area contributed by atoms with Crippen LogP contribution in [0, 0.1) is 11.2 Å². The van der Waals surface area contributed by atoms with E-state index in [9.17, 15) is 9.18 Å². The number of carbonyl (C=O) groups is 1. The van der Waals surface area contributed by atoms with Gasteiger partial charge in [-0.1, -0.05) is 26.8 Å². The molecule has 0 aliphatic carbocycles. The van der Waals surface area contributed by atoms with E-state index in [1.807, 2.05) is 27.7 Å². The Kier molecular flexibility index (Phi) is 4.91. The van der Waals surface area contributed by atoms with Crippen molar-refractivity contribution in [2.75, 3.05) is 11.4 Å². The van der Waals surface area contributed by atoms with E-state index in [0.29, 0.717) is 23.1 Å². The molecule has 0 spiro atoms. The monoisotopic (exact) mass is 315 g/mol. The Bertz CT molecular complexity index is 440. The van der Waals surface area contributed by atoms with Gasteiger partial charge in [0.1, 0.15) is 0 Å². The van der Waals surface area contributed by atoms with E-state index in [0.717, 1.165) is 0 Å². The maximum Gasteiger partial charge on any atom is 0.227 e. The zero-order valence-corrected chi connectivity index (χ0v) is 12.8. The molecule has 0 saturated carbocycles. The van der Waals surface area contributed by atoms with Crippen LogP contribution in [0.1, 0.15) is 34.1 Å². The standard InChI is InChI=1S/C14H19BrFNO/c1-5-17(12(18)9-14(2,3)4)11-8-6-7-10(15)13(11)16/h6-8H,5,9H2,1-4H3. The topological polar surface area (TPSA) is 20.3 Å². The van der Waals surface area contributed by atoms with Crippen LogP contribution < -0.4 is 4.90 Å². The predicted molar refractivity (Wildman–Crippen MR) is 76.2 cm³/mol. The van der Waals surface area contributed by atoms with E-state index in [2.05, 4.69) is 15.9 Å². The Hall–Kier alpha value is -0.900. The molecule has 0 aliphatic rings. The quantitative estimate of drug-likeness (QED) is 0.810. The van der Waals surface area contributed by atoms with Crippen molar-refractivity contribution < 1.29 is 9.18 Å². The van der Waals surface area contributed by atoms with Crippen molar-refractivity contribution in [2.45, 2.75) is 34.1 Å². The van der Waals surface area contributed by atoms with E-state index < -0.39 is 0 Å². The number of nitrogens with zero attached hydrogens (tertiary/aromatic N) is 1. The first-order chi connectivity index (χ1) is 8.26. The zero-order valence-electron chi connectivity index (χ0n) is 11.3. The highest BCUT2D eigenvalue weighted by atomic mass is 79.9. The molecular weight excluding hydrogens is 297 g/mol. The molecule has 0 heterocycles. The van der Waals surface area contributed by atoms with Crippen LogP contribution in [0.3, 0.4) is 0 Å². The summed E-state index contributed by atoms with van der Waals surface area (Å²) in [6.07, 6.45) is 0.396. The molecule has 0 N–H and O–H groups in total. The van der Waals surface area contributed by atoms with Crippen molar-refractivity contribution in [1.82, 2.24) is 0 Å². The predicted octanol–water partition coefficient (Wildman–Crippen LogP) is 4.38. The second kappa shape index (κ2) is 5.83. The van der Waals surface area contributed by atoms with Gasteiger partial charge < -0.3 is 4.90 Å². The highest BCUT2D eigenvalue weighted by Crippen LogP contribution is 2.28. The van der Waals surface area contributed by atoms with E-state index in [1.54, 1.807) is 18.2 Å². The lowest BCUT2D eigenvalue weighted by molar-refractivity contribution is -0.120. The fourth-order valence-corrected chi connectivity index (χ4v) is 2.09. The van der Waals surface area contributed by atoms with Gasteiger partial charge in [0.05, 0.1) is 10.2 Å².